The van der Waals surface area contributed by atoms with Crippen LogP contribution in [0.15, 0.2) is 24.3 Å². The molecule has 0 bridgehead atoms. The molecule has 0 spiro atoms. The smallest absolute Gasteiger partial charge is 0.125 e. The third-order valence-electron chi connectivity index (χ3n) is 1.63. The van der Waals surface area contributed by atoms with E-state index in [2.05, 4.69) is 5.32 Å². The second-order valence-corrected chi connectivity index (χ2v) is 4.26. The lowest BCUT2D eigenvalue weighted by Gasteiger charge is -2.22. The normalized spacial score (nSPS) is 11.1. The highest BCUT2D eigenvalue weighted by Gasteiger charge is 2.12. The summed E-state index contributed by atoms with van der Waals surface area (Å²) in [6.45, 7) is 5.93. The van der Waals surface area contributed by atoms with Crippen molar-refractivity contribution >= 4 is 5.84 Å². The molecule has 0 aliphatic heterocycles. The van der Waals surface area contributed by atoms with Gasteiger partial charge in [0.05, 0.1) is 0 Å². The standard InChI is InChI=1S/C11H15FN2/c1-11(2,3)14-10(13)8-4-6-9(12)7-5-8/h4-7H,1-3H3,(H2,13,14). The molecule has 2 N–H and O–H groups in total. The van der Waals surface area contributed by atoms with Crippen LogP contribution in [0.2, 0.25) is 0 Å². The Bertz CT molecular complexity index is 322. The van der Waals surface area contributed by atoms with Crippen LogP contribution in [0.3, 0.4) is 0 Å². The van der Waals surface area contributed by atoms with Crippen LogP contribution in [0.1, 0.15) is 26.3 Å². The molecule has 0 atom stereocenters. The Morgan fingerprint density at radius 1 is 1.21 bits per heavy atom. The van der Waals surface area contributed by atoms with E-state index >= 15 is 0 Å². The lowest BCUT2D eigenvalue weighted by Crippen LogP contribution is -2.40. The van der Waals surface area contributed by atoms with Crippen LogP contribution in [-0.4, -0.2) is 11.4 Å². The number of halogens is 1. The number of rotatable bonds is 1. The van der Waals surface area contributed by atoms with E-state index in [1.165, 1.54) is 12.1 Å². The second-order valence-electron chi connectivity index (χ2n) is 4.26. The highest BCUT2D eigenvalue weighted by Crippen LogP contribution is 2.05. The van der Waals surface area contributed by atoms with E-state index in [1.54, 1.807) is 12.1 Å². The monoisotopic (exact) mass is 194 g/mol. The molecule has 0 radical (unpaired) electrons. The molecule has 0 saturated heterocycles. The van der Waals surface area contributed by atoms with Gasteiger partial charge in [-0.3, -0.25) is 5.41 Å². The molecule has 14 heavy (non-hydrogen) atoms. The average molecular weight is 194 g/mol. The van der Waals surface area contributed by atoms with Gasteiger partial charge in [0.2, 0.25) is 0 Å². The van der Waals surface area contributed by atoms with Crippen LogP contribution in [0.5, 0.6) is 0 Å². The van der Waals surface area contributed by atoms with E-state index in [-0.39, 0.29) is 11.4 Å². The van der Waals surface area contributed by atoms with E-state index in [1.807, 2.05) is 20.8 Å². The fourth-order valence-corrected chi connectivity index (χ4v) is 1.06. The summed E-state index contributed by atoms with van der Waals surface area (Å²) in [5, 5.41) is 10.7. The van der Waals surface area contributed by atoms with Gasteiger partial charge < -0.3 is 5.32 Å². The summed E-state index contributed by atoms with van der Waals surface area (Å²) in [5.41, 5.74) is 0.548. The zero-order valence-electron chi connectivity index (χ0n) is 8.69. The molecule has 76 valence electrons. The van der Waals surface area contributed by atoms with Crippen LogP contribution in [-0.2, 0) is 0 Å². The molecular weight excluding hydrogens is 179 g/mol. The van der Waals surface area contributed by atoms with Crippen molar-refractivity contribution in [3.8, 4) is 0 Å². The van der Waals surface area contributed by atoms with E-state index in [0.29, 0.717) is 11.4 Å². The van der Waals surface area contributed by atoms with Gasteiger partial charge in [-0.05, 0) is 45.0 Å². The number of benzene rings is 1. The molecule has 0 aliphatic carbocycles. The Morgan fingerprint density at radius 3 is 2.14 bits per heavy atom. The Kier molecular flexibility index (Phi) is 2.89. The van der Waals surface area contributed by atoms with Gasteiger partial charge in [0.15, 0.2) is 0 Å². The fourth-order valence-electron chi connectivity index (χ4n) is 1.06. The Labute approximate surface area is 83.7 Å². The van der Waals surface area contributed by atoms with E-state index in [0.717, 1.165) is 0 Å². The summed E-state index contributed by atoms with van der Waals surface area (Å²) >= 11 is 0. The maximum absolute atomic E-state index is 12.6. The molecule has 0 amide bonds. The molecule has 3 heteroatoms. The molecule has 1 aromatic carbocycles. The maximum atomic E-state index is 12.6. The first-order valence-electron chi connectivity index (χ1n) is 4.51. The third-order valence-corrected chi connectivity index (χ3v) is 1.63. The van der Waals surface area contributed by atoms with Gasteiger partial charge in [-0.2, -0.15) is 0 Å². The van der Waals surface area contributed by atoms with Crippen molar-refractivity contribution in [3.05, 3.63) is 35.6 Å². The van der Waals surface area contributed by atoms with Gasteiger partial charge in [0, 0.05) is 11.1 Å². The molecule has 1 rings (SSSR count). The Hall–Kier alpha value is -1.38. The SMILES string of the molecule is CC(C)(C)NC(=N)c1ccc(F)cc1. The molecule has 2 nitrogen and oxygen atoms in total. The molecular formula is C11H15FN2. The summed E-state index contributed by atoms with van der Waals surface area (Å²) < 4.78 is 12.6. The summed E-state index contributed by atoms with van der Waals surface area (Å²) in [5.74, 6) is 0.0369. The van der Waals surface area contributed by atoms with Crippen LogP contribution in [0.25, 0.3) is 0 Å². The first kappa shape index (κ1) is 10.7. The molecule has 0 aliphatic rings. The van der Waals surface area contributed by atoms with Crippen molar-refractivity contribution < 1.29 is 4.39 Å². The summed E-state index contributed by atoms with van der Waals surface area (Å²) in [7, 11) is 0. The summed E-state index contributed by atoms with van der Waals surface area (Å²) in [6, 6.07) is 5.90. The first-order valence-corrected chi connectivity index (χ1v) is 4.51. The molecule has 0 unspecified atom stereocenters. The highest BCUT2D eigenvalue weighted by molar-refractivity contribution is 5.96. The lowest BCUT2D eigenvalue weighted by atomic mass is 10.1. The van der Waals surface area contributed by atoms with Crippen molar-refractivity contribution in [2.45, 2.75) is 26.3 Å². The summed E-state index contributed by atoms with van der Waals surface area (Å²) in [6.07, 6.45) is 0. The largest absolute Gasteiger partial charge is 0.365 e. The first-order chi connectivity index (χ1) is 6.38. The fraction of sp³-hybridized carbons (Fsp3) is 0.364. The highest BCUT2D eigenvalue weighted by atomic mass is 19.1. The topological polar surface area (TPSA) is 35.9 Å². The van der Waals surface area contributed by atoms with Crippen LogP contribution in [0.4, 0.5) is 4.39 Å². The molecule has 0 fully saturated rings. The van der Waals surface area contributed by atoms with Crippen LogP contribution < -0.4 is 5.32 Å². The minimum absolute atomic E-state index is 0.147. The molecule has 0 saturated carbocycles. The quantitative estimate of drug-likeness (QED) is 0.523. The van der Waals surface area contributed by atoms with Crippen molar-refractivity contribution in [1.82, 2.24) is 5.32 Å². The number of hydrogen-bond acceptors (Lipinski definition) is 1. The van der Waals surface area contributed by atoms with Gasteiger partial charge >= 0.3 is 0 Å². The van der Waals surface area contributed by atoms with Crippen molar-refractivity contribution in [3.63, 3.8) is 0 Å². The maximum Gasteiger partial charge on any atom is 0.125 e. The zero-order chi connectivity index (χ0) is 10.8. The van der Waals surface area contributed by atoms with Gasteiger partial charge in [0.25, 0.3) is 0 Å². The van der Waals surface area contributed by atoms with Crippen molar-refractivity contribution in [1.29, 1.82) is 5.41 Å². The van der Waals surface area contributed by atoms with E-state index in [9.17, 15) is 4.39 Å². The van der Waals surface area contributed by atoms with Crippen LogP contribution in [0, 0.1) is 11.2 Å². The van der Waals surface area contributed by atoms with Gasteiger partial charge in [-0.15, -0.1) is 0 Å². The van der Waals surface area contributed by atoms with Crippen molar-refractivity contribution in [2.24, 2.45) is 0 Å². The van der Waals surface area contributed by atoms with Gasteiger partial charge in [-0.1, -0.05) is 0 Å². The minimum atomic E-state index is -0.280. The second kappa shape index (κ2) is 3.78. The Morgan fingerprint density at radius 2 is 1.71 bits per heavy atom. The van der Waals surface area contributed by atoms with Gasteiger partial charge in [-0.25, -0.2) is 4.39 Å². The predicted molar refractivity (Wildman–Crippen MR) is 56.1 cm³/mol. The molecule has 1 aromatic rings. The summed E-state index contributed by atoms with van der Waals surface area (Å²) in [4.78, 5) is 0. The molecule has 0 heterocycles. The third kappa shape index (κ3) is 3.17. The number of hydrogen-bond donors (Lipinski definition) is 2. The van der Waals surface area contributed by atoms with Gasteiger partial charge in [0.1, 0.15) is 11.7 Å². The molecule has 0 aromatic heterocycles. The minimum Gasteiger partial charge on any atom is -0.365 e. The predicted octanol–water partition coefficient (Wildman–Crippen LogP) is 2.54. The number of nitrogens with one attached hydrogen (secondary N) is 2. The number of amidine groups is 1. The average Bonchev–Trinajstić information content (AvgIpc) is 2.02. The van der Waals surface area contributed by atoms with Crippen LogP contribution >= 0.6 is 0 Å². The zero-order valence-corrected chi connectivity index (χ0v) is 8.69. The van der Waals surface area contributed by atoms with E-state index in [4.69, 9.17) is 5.41 Å². The lowest BCUT2D eigenvalue weighted by molar-refractivity contribution is 0.511. The Balaban J connectivity index is 2.76. The van der Waals surface area contributed by atoms with Crippen molar-refractivity contribution in [2.75, 3.05) is 0 Å². The van der Waals surface area contributed by atoms with E-state index < -0.39 is 0 Å².